The summed E-state index contributed by atoms with van der Waals surface area (Å²) in [7, 11) is 0. The van der Waals surface area contributed by atoms with E-state index in [1.165, 1.54) is 77.3 Å². The Hall–Kier alpha value is -16.4. The maximum Gasteiger partial charge on any atom is 0.164 e. The molecule has 0 saturated heterocycles. The molecule has 1 spiro atoms. The van der Waals surface area contributed by atoms with Gasteiger partial charge in [-0.1, -0.05) is 340 Å². The van der Waals surface area contributed by atoms with Crippen molar-refractivity contribution in [3.05, 3.63) is 459 Å². The second kappa shape index (κ2) is 29.0. The molecule has 0 N–H and O–H groups in total. The highest BCUT2D eigenvalue weighted by Crippen LogP contribution is 2.64. The van der Waals surface area contributed by atoms with E-state index in [9.17, 15) is 0 Å². The lowest BCUT2D eigenvalue weighted by atomic mass is 9.70. The van der Waals surface area contributed by atoms with Gasteiger partial charge >= 0.3 is 0 Å². The van der Waals surface area contributed by atoms with Crippen LogP contribution in [0.3, 0.4) is 0 Å². The van der Waals surface area contributed by atoms with Gasteiger partial charge in [-0.25, -0.2) is 29.9 Å². The first-order valence-corrected chi connectivity index (χ1v) is 41.9. The SMILES string of the molecule is c1ccc(-c2cccc(-c3nc(-c4ccc(-c5ccc(-c6ccc7c(c6)c6ccccc6n7-c6ccccc6)cc5)cc4)nc(-c4cc(-c5ccccc5)cc(-c5cccc(-n6c7ccccc7c7cc(-c8ccc9c(c8)C8(c%10ccccc%10-c%10ccccc%108)c8cc(-c%10nc(-c%11ccccc%11)nc(-c%11ccccc%11)n%10)ccc8-9)ccc76)c5)c4)n3)c2)cc1. The number of para-hydroxylation sites is 3. The maximum absolute atomic E-state index is 5.48. The van der Waals surface area contributed by atoms with E-state index in [2.05, 4.69) is 410 Å². The molecule has 572 valence electrons. The molecular weight excluding hydrogens is 1490 g/mol. The summed E-state index contributed by atoms with van der Waals surface area (Å²) in [6.07, 6.45) is 0. The van der Waals surface area contributed by atoms with E-state index in [1.807, 2.05) is 36.4 Å². The van der Waals surface area contributed by atoms with Crippen LogP contribution in [0.4, 0.5) is 0 Å². The van der Waals surface area contributed by atoms with Crippen molar-refractivity contribution in [2.24, 2.45) is 0 Å². The topological polar surface area (TPSA) is 87.2 Å². The van der Waals surface area contributed by atoms with E-state index in [0.29, 0.717) is 34.9 Å². The van der Waals surface area contributed by atoms with Crippen LogP contribution >= 0.6 is 0 Å². The first-order valence-electron chi connectivity index (χ1n) is 41.9. The van der Waals surface area contributed by atoms with Crippen molar-refractivity contribution in [2.45, 2.75) is 5.41 Å². The van der Waals surface area contributed by atoms with Gasteiger partial charge in [0.05, 0.1) is 27.5 Å². The summed E-state index contributed by atoms with van der Waals surface area (Å²) in [5.74, 6) is 3.61. The molecular formula is C115H72N8. The van der Waals surface area contributed by atoms with Crippen LogP contribution in [0, 0.1) is 0 Å². The van der Waals surface area contributed by atoms with Gasteiger partial charge in [0.25, 0.3) is 0 Å². The molecule has 0 aliphatic heterocycles. The summed E-state index contributed by atoms with van der Waals surface area (Å²) in [5.41, 5.74) is 34.6. The fourth-order valence-electron chi connectivity index (χ4n) is 19.3. The first kappa shape index (κ1) is 70.8. The van der Waals surface area contributed by atoms with Crippen LogP contribution in [0.5, 0.6) is 0 Å². The van der Waals surface area contributed by atoms with Gasteiger partial charge in [0.1, 0.15) is 0 Å². The molecule has 0 bridgehead atoms. The molecule has 8 nitrogen and oxygen atoms in total. The van der Waals surface area contributed by atoms with Crippen LogP contribution in [0.25, 0.3) is 212 Å². The minimum Gasteiger partial charge on any atom is -0.309 e. The molecule has 0 unspecified atom stereocenters. The average molecular weight is 1570 g/mol. The van der Waals surface area contributed by atoms with Gasteiger partial charge in [-0.2, -0.15) is 0 Å². The molecule has 2 aliphatic rings. The van der Waals surface area contributed by atoms with E-state index < -0.39 is 5.41 Å². The molecule has 18 aromatic carbocycles. The summed E-state index contributed by atoms with van der Waals surface area (Å²) in [6, 6.07) is 158. The van der Waals surface area contributed by atoms with Crippen LogP contribution in [0.1, 0.15) is 22.3 Å². The number of hydrogen-bond acceptors (Lipinski definition) is 6. The van der Waals surface area contributed by atoms with Crippen LogP contribution < -0.4 is 0 Å². The Morgan fingerprint density at radius 3 is 0.959 bits per heavy atom. The Labute approximate surface area is 711 Å². The van der Waals surface area contributed by atoms with Gasteiger partial charge in [0, 0.05) is 66.3 Å². The molecule has 24 rings (SSSR count). The van der Waals surface area contributed by atoms with Gasteiger partial charge in [0.2, 0.25) is 0 Å². The highest BCUT2D eigenvalue weighted by atomic mass is 15.0. The second-order valence-electron chi connectivity index (χ2n) is 32.0. The third-order valence-corrected chi connectivity index (χ3v) is 25.0. The molecule has 8 heteroatoms. The van der Waals surface area contributed by atoms with E-state index in [1.54, 1.807) is 0 Å². The molecule has 2 aliphatic carbocycles. The zero-order valence-electron chi connectivity index (χ0n) is 66.6. The highest BCUT2D eigenvalue weighted by Gasteiger charge is 2.52. The lowest BCUT2D eigenvalue weighted by Gasteiger charge is -2.31. The number of rotatable bonds is 14. The van der Waals surface area contributed by atoms with Gasteiger partial charge in [0.15, 0.2) is 34.9 Å². The molecule has 123 heavy (non-hydrogen) atoms. The maximum atomic E-state index is 5.48. The van der Waals surface area contributed by atoms with Crippen molar-refractivity contribution < 1.29 is 0 Å². The van der Waals surface area contributed by atoms with Crippen molar-refractivity contribution in [1.82, 2.24) is 39.0 Å². The number of nitrogens with zero attached hydrogens (tertiary/aromatic N) is 8. The molecule has 0 fully saturated rings. The molecule has 0 saturated carbocycles. The largest absolute Gasteiger partial charge is 0.309 e. The van der Waals surface area contributed by atoms with Crippen LogP contribution in [0.15, 0.2) is 437 Å². The summed E-state index contributed by atoms with van der Waals surface area (Å²) in [6.45, 7) is 0. The highest BCUT2D eigenvalue weighted by molar-refractivity contribution is 6.12. The van der Waals surface area contributed by atoms with E-state index in [-0.39, 0.29) is 0 Å². The Morgan fingerprint density at radius 1 is 0.146 bits per heavy atom. The minimum absolute atomic E-state index is 0.567. The van der Waals surface area contributed by atoms with Crippen molar-refractivity contribution >= 4 is 43.6 Å². The van der Waals surface area contributed by atoms with Crippen molar-refractivity contribution in [3.63, 3.8) is 0 Å². The van der Waals surface area contributed by atoms with E-state index in [0.717, 1.165) is 122 Å². The number of fused-ring (bicyclic) bond motifs is 16. The Bertz CT molecular complexity index is 7850. The zero-order valence-corrected chi connectivity index (χ0v) is 66.6. The van der Waals surface area contributed by atoms with Crippen molar-refractivity contribution in [1.29, 1.82) is 0 Å². The lowest BCUT2D eigenvalue weighted by molar-refractivity contribution is 0.794. The monoisotopic (exact) mass is 1560 g/mol. The minimum atomic E-state index is -0.655. The fraction of sp³-hybridized carbons (Fsp3) is 0.00870. The third-order valence-electron chi connectivity index (χ3n) is 25.0. The third kappa shape index (κ3) is 12.0. The predicted octanol–water partition coefficient (Wildman–Crippen LogP) is 28.6. The smallest absolute Gasteiger partial charge is 0.164 e. The van der Waals surface area contributed by atoms with Gasteiger partial charge < -0.3 is 9.13 Å². The Morgan fingerprint density at radius 2 is 0.423 bits per heavy atom. The van der Waals surface area contributed by atoms with Crippen LogP contribution in [0.2, 0.25) is 0 Å². The van der Waals surface area contributed by atoms with Crippen molar-refractivity contribution in [2.75, 3.05) is 0 Å². The molecule has 22 aromatic rings. The number of benzene rings is 18. The van der Waals surface area contributed by atoms with Crippen LogP contribution in [-0.2, 0) is 5.41 Å². The average Bonchev–Trinajstić information content (AvgIpc) is 1.51. The summed E-state index contributed by atoms with van der Waals surface area (Å²) in [4.78, 5) is 31.9. The predicted molar refractivity (Wildman–Crippen MR) is 503 cm³/mol. The number of hydrogen-bond donors (Lipinski definition) is 0. The Kier molecular flexibility index (Phi) is 16.7. The lowest BCUT2D eigenvalue weighted by Crippen LogP contribution is -2.26. The number of aromatic nitrogens is 8. The molecule has 4 heterocycles. The van der Waals surface area contributed by atoms with Crippen molar-refractivity contribution in [3.8, 4) is 169 Å². The van der Waals surface area contributed by atoms with Gasteiger partial charge in [-0.3, -0.25) is 0 Å². The van der Waals surface area contributed by atoms with E-state index in [4.69, 9.17) is 29.9 Å². The second-order valence-corrected chi connectivity index (χ2v) is 32.0. The van der Waals surface area contributed by atoms with Crippen LogP contribution in [-0.4, -0.2) is 39.0 Å². The quantitative estimate of drug-likeness (QED) is 0.108. The van der Waals surface area contributed by atoms with Gasteiger partial charge in [-0.15, -0.1) is 0 Å². The molecule has 0 atom stereocenters. The molecule has 4 aromatic heterocycles. The van der Waals surface area contributed by atoms with E-state index >= 15 is 0 Å². The Balaban J connectivity index is 0.592. The molecule has 0 radical (unpaired) electrons. The summed E-state index contributed by atoms with van der Waals surface area (Å²) < 4.78 is 4.79. The normalized spacial score (nSPS) is 12.3. The summed E-state index contributed by atoms with van der Waals surface area (Å²) in [5, 5.41) is 4.79. The summed E-state index contributed by atoms with van der Waals surface area (Å²) >= 11 is 0. The first-order chi connectivity index (χ1) is 60.9. The molecule has 0 amide bonds. The zero-order chi connectivity index (χ0) is 81.1. The fourth-order valence-corrected chi connectivity index (χ4v) is 19.3. The van der Waals surface area contributed by atoms with Gasteiger partial charge in [-0.05, 0) is 208 Å². The standard InChI is InChI=1S/C115H72N8/c1-6-26-73(27-7-1)81-34-24-36-86(64-81)112-119-111(80-54-52-76(53-55-80)75-48-50-77(51-49-75)83-58-62-107-99(69-83)97-42-18-22-46-105(97)122(107)91-37-14-5-15-38-91)120-114(121-112)90-66-88(74-28-8-2-9-29-74)65-89(67-90)82-35-25-39-92(68-82)123-106-47-23-19-43-98(106)100-70-84(59-63-108(100)123)85-56-60-95-96-61-57-87(113-117-109(78-30-10-3-11-31-78)116-110(118-113)79-32-12-4-13-33-79)72-104(96)115(103(95)71-85)101-44-20-16-40-93(101)94-41-17-21-45-102(94)115/h1-72H.